The molecule has 0 saturated carbocycles. The summed E-state index contributed by atoms with van der Waals surface area (Å²) in [6, 6.07) is -0.633. The summed E-state index contributed by atoms with van der Waals surface area (Å²) in [7, 11) is 0. The monoisotopic (exact) mass is 1180 g/mol. The molecule has 6 nitrogen and oxygen atoms in total. The van der Waals surface area contributed by atoms with Crippen molar-refractivity contribution >= 4 is 11.9 Å². The Labute approximate surface area is 525 Å². The van der Waals surface area contributed by atoms with Crippen LogP contribution in [0, 0.1) is 0 Å². The van der Waals surface area contributed by atoms with Crippen molar-refractivity contribution in [3.05, 3.63) is 48.6 Å². The van der Waals surface area contributed by atoms with Crippen molar-refractivity contribution in [2.45, 2.75) is 424 Å². The molecule has 0 bridgehead atoms. The highest BCUT2D eigenvalue weighted by Gasteiger charge is 2.18. The first-order valence-corrected chi connectivity index (χ1v) is 37.9. The zero-order chi connectivity index (χ0) is 60.6. The van der Waals surface area contributed by atoms with Gasteiger partial charge in [0.05, 0.1) is 25.4 Å². The van der Waals surface area contributed by atoms with E-state index < -0.39 is 12.1 Å². The predicted molar refractivity (Wildman–Crippen MR) is 370 cm³/mol. The molecular weight excluding hydrogens is 1030 g/mol. The molecule has 84 heavy (non-hydrogen) atoms. The summed E-state index contributed by atoms with van der Waals surface area (Å²) in [4.78, 5) is 24.6. The Bertz CT molecular complexity index is 1400. The zero-order valence-electron chi connectivity index (χ0n) is 56.6. The Morgan fingerprint density at radius 3 is 0.917 bits per heavy atom. The molecule has 2 unspecified atom stereocenters. The topological polar surface area (TPSA) is 95.9 Å². The second-order valence-corrected chi connectivity index (χ2v) is 26.0. The number of hydrogen-bond acceptors (Lipinski definition) is 5. The molecule has 0 heterocycles. The number of carbonyl (C=O) groups is 2. The lowest BCUT2D eigenvalue weighted by Crippen LogP contribution is -2.45. The molecule has 0 aliphatic rings. The highest BCUT2D eigenvalue weighted by molar-refractivity contribution is 5.76. The maximum Gasteiger partial charge on any atom is 0.305 e. The molecule has 0 aromatic rings. The van der Waals surface area contributed by atoms with E-state index in [0.717, 1.165) is 51.4 Å². The van der Waals surface area contributed by atoms with E-state index in [-0.39, 0.29) is 18.5 Å². The van der Waals surface area contributed by atoms with Crippen LogP contribution in [0.25, 0.3) is 0 Å². The first-order chi connectivity index (χ1) is 41.5. The third kappa shape index (κ3) is 68.9. The highest BCUT2D eigenvalue weighted by atomic mass is 16.5. The maximum atomic E-state index is 12.5. The molecule has 0 aliphatic carbocycles. The van der Waals surface area contributed by atoms with E-state index >= 15 is 0 Å². The third-order valence-electron chi connectivity index (χ3n) is 17.6. The van der Waals surface area contributed by atoms with Crippen LogP contribution in [0.15, 0.2) is 48.6 Å². The van der Waals surface area contributed by atoms with Crippen molar-refractivity contribution in [2.24, 2.45) is 0 Å². The van der Waals surface area contributed by atoms with Gasteiger partial charge in [0.1, 0.15) is 0 Å². The molecule has 0 saturated heterocycles. The van der Waals surface area contributed by atoms with E-state index in [2.05, 4.69) is 55.6 Å². The van der Waals surface area contributed by atoms with Crippen LogP contribution in [0.2, 0.25) is 0 Å². The molecule has 0 fully saturated rings. The number of ether oxygens (including phenoxy) is 1. The molecule has 494 valence electrons. The fraction of sp³-hybridized carbons (Fsp3) is 0.872. The van der Waals surface area contributed by atoms with E-state index in [1.54, 1.807) is 6.08 Å². The highest BCUT2D eigenvalue weighted by Crippen LogP contribution is 2.19. The van der Waals surface area contributed by atoms with Gasteiger partial charge in [0.25, 0.3) is 0 Å². The normalized spacial score (nSPS) is 12.8. The minimum Gasteiger partial charge on any atom is -0.466 e. The van der Waals surface area contributed by atoms with Crippen LogP contribution in [0.3, 0.4) is 0 Å². The van der Waals surface area contributed by atoms with Gasteiger partial charge in [-0.25, -0.2) is 0 Å². The molecule has 1 amide bonds. The minimum absolute atomic E-state index is 0.00332. The van der Waals surface area contributed by atoms with Crippen LogP contribution in [-0.4, -0.2) is 47.4 Å². The fourth-order valence-corrected chi connectivity index (χ4v) is 11.8. The number of carbonyl (C=O) groups excluding carboxylic acids is 2. The Kier molecular flexibility index (Phi) is 71.4. The molecule has 0 aromatic carbocycles. The van der Waals surface area contributed by atoms with Crippen molar-refractivity contribution in [3.8, 4) is 0 Å². The molecule has 0 rings (SSSR count). The minimum atomic E-state index is -0.849. The van der Waals surface area contributed by atoms with Gasteiger partial charge >= 0.3 is 5.97 Å². The van der Waals surface area contributed by atoms with E-state index in [9.17, 15) is 19.8 Å². The van der Waals surface area contributed by atoms with Crippen molar-refractivity contribution < 1.29 is 24.5 Å². The summed E-state index contributed by atoms with van der Waals surface area (Å²) >= 11 is 0. The number of hydrogen-bond donors (Lipinski definition) is 3. The summed E-state index contributed by atoms with van der Waals surface area (Å²) in [5.74, 6) is -0.0640. The number of esters is 1. The van der Waals surface area contributed by atoms with Gasteiger partial charge in [0.2, 0.25) is 5.91 Å². The summed E-state index contributed by atoms with van der Waals surface area (Å²) in [5, 5.41) is 23.3. The number of allylic oxidation sites excluding steroid dienone is 7. The smallest absolute Gasteiger partial charge is 0.305 e. The van der Waals surface area contributed by atoms with Gasteiger partial charge in [-0.2, -0.15) is 0 Å². The molecule has 6 heteroatoms. The molecule has 0 spiro atoms. The fourth-order valence-electron chi connectivity index (χ4n) is 11.8. The van der Waals surface area contributed by atoms with E-state index in [4.69, 9.17) is 4.74 Å². The number of rotatable bonds is 71. The lowest BCUT2D eigenvalue weighted by atomic mass is 10.0. The molecule has 0 aliphatic heterocycles. The number of nitrogens with one attached hydrogen (secondary N) is 1. The standard InChI is InChI=1S/C78H147NO5/c1-3-5-7-9-11-13-15-17-19-21-22-23-24-30-33-36-39-42-46-50-54-58-62-66-70-76(81)75(74-80)79-77(82)71-67-63-59-55-51-47-43-40-37-34-31-28-26-25-27-29-32-35-38-41-45-49-53-57-61-65-69-73-84-78(83)72-68-64-60-56-52-48-44-20-18-16-14-12-10-8-6-4-2/h20,25-26,29,32,44,66,70,75-76,80-81H,3-19,21-24,27-28,30-31,33-43,45-65,67-69,71-74H2,1-2H3,(H,79,82)/b26-25-,32-29-,44-20-,70-66+. The Morgan fingerprint density at radius 2 is 0.595 bits per heavy atom. The second kappa shape index (κ2) is 73.3. The number of aliphatic hydroxyl groups excluding tert-OH is 2. The number of amides is 1. The van der Waals surface area contributed by atoms with Gasteiger partial charge in [-0.1, -0.05) is 358 Å². The lowest BCUT2D eigenvalue weighted by molar-refractivity contribution is -0.143. The Balaban J connectivity index is 3.44. The van der Waals surface area contributed by atoms with Gasteiger partial charge in [0, 0.05) is 12.8 Å². The first-order valence-electron chi connectivity index (χ1n) is 37.9. The largest absolute Gasteiger partial charge is 0.466 e. The van der Waals surface area contributed by atoms with Gasteiger partial charge in [0.15, 0.2) is 0 Å². The average Bonchev–Trinajstić information content (AvgIpc) is 3.51. The quantitative estimate of drug-likeness (QED) is 0.0320. The van der Waals surface area contributed by atoms with Crippen LogP contribution in [0.1, 0.15) is 412 Å². The van der Waals surface area contributed by atoms with Crippen LogP contribution < -0.4 is 5.32 Å². The molecule has 0 aromatic heterocycles. The van der Waals surface area contributed by atoms with Crippen molar-refractivity contribution in [1.29, 1.82) is 0 Å². The Morgan fingerprint density at radius 1 is 0.333 bits per heavy atom. The second-order valence-electron chi connectivity index (χ2n) is 26.0. The summed E-state index contributed by atoms with van der Waals surface area (Å²) in [6.07, 6.45) is 96.4. The maximum absolute atomic E-state index is 12.5. The van der Waals surface area contributed by atoms with Gasteiger partial charge in [-0.15, -0.1) is 0 Å². The Hall–Kier alpha value is -2.18. The molecule has 3 N–H and O–H groups in total. The molecule has 2 atom stereocenters. The zero-order valence-corrected chi connectivity index (χ0v) is 56.6. The molecule has 0 radical (unpaired) electrons. The van der Waals surface area contributed by atoms with Crippen molar-refractivity contribution in [3.63, 3.8) is 0 Å². The van der Waals surface area contributed by atoms with Gasteiger partial charge in [-0.3, -0.25) is 9.59 Å². The summed E-state index contributed by atoms with van der Waals surface area (Å²) in [6.45, 7) is 4.93. The van der Waals surface area contributed by atoms with Crippen molar-refractivity contribution in [2.75, 3.05) is 13.2 Å². The van der Waals surface area contributed by atoms with Gasteiger partial charge in [-0.05, 0) is 89.9 Å². The predicted octanol–water partition coefficient (Wildman–Crippen LogP) is 24.8. The lowest BCUT2D eigenvalue weighted by Gasteiger charge is -2.20. The van der Waals surface area contributed by atoms with Gasteiger partial charge < -0.3 is 20.3 Å². The number of unbranched alkanes of at least 4 members (excludes halogenated alkanes) is 54. The summed E-state index contributed by atoms with van der Waals surface area (Å²) < 4.78 is 5.49. The van der Waals surface area contributed by atoms with Crippen LogP contribution >= 0.6 is 0 Å². The van der Waals surface area contributed by atoms with Crippen LogP contribution in [0.5, 0.6) is 0 Å². The van der Waals surface area contributed by atoms with E-state index in [1.165, 1.54) is 334 Å². The average molecular weight is 1180 g/mol. The first kappa shape index (κ1) is 81.8. The SMILES string of the molecule is CCCCCCCCC/C=C\CCCCCCCC(=O)OCCCCCCCCCCC/C=C\C/C=C\CCCCCCCCCCCCCC(=O)NC(CO)C(O)/C=C/CCCCCCCCCCCCCCCCCCCCCCCC. The van der Waals surface area contributed by atoms with E-state index in [0.29, 0.717) is 19.4 Å². The van der Waals surface area contributed by atoms with Crippen molar-refractivity contribution in [1.82, 2.24) is 5.32 Å². The van der Waals surface area contributed by atoms with Crippen LogP contribution in [-0.2, 0) is 14.3 Å². The van der Waals surface area contributed by atoms with Crippen LogP contribution in [0.4, 0.5) is 0 Å². The summed E-state index contributed by atoms with van der Waals surface area (Å²) in [5.41, 5.74) is 0. The van der Waals surface area contributed by atoms with E-state index in [1.807, 2.05) is 6.08 Å². The number of aliphatic hydroxyl groups is 2. The molecular formula is C78H147NO5. The third-order valence-corrected chi connectivity index (χ3v) is 17.6.